The van der Waals surface area contributed by atoms with E-state index in [1.165, 1.54) is 11.6 Å². The van der Waals surface area contributed by atoms with Crippen LogP contribution in [-0.2, 0) is 16.4 Å². The van der Waals surface area contributed by atoms with Gasteiger partial charge in [-0.05, 0) is 48.2 Å². The fraction of sp³-hybridized carbons (Fsp3) is 0.120. The monoisotopic (exact) mass is 443 g/mol. The van der Waals surface area contributed by atoms with Gasteiger partial charge in [0, 0.05) is 11.6 Å². The molecule has 3 aromatic carbocycles. The van der Waals surface area contributed by atoms with E-state index in [9.17, 15) is 13.2 Å². The molecule has 0 saturated carbocycles. The maximum Gasteiger partial charge on any atom is 0.264 e. The highest BCUT2D eigenvalue weighted by Gasteiger charge is 2.26. The normalized spacial score (nSPS) is 15.3. The molecule has 6 nitrogen and oxygen atoms in total. The number of nitrogens with one attached hydrogen (secondary N) is 2. The molecule has 1 aromatic heterocycles. The van der Waals surface area contributed by atoms with Gasteiger partial charge >= 0.3 is 0 Å². The van der Waals surface area contributed by atoms with Gasteiger partial charge in [0.15, 0.2) is 0 Å². The van der Waals surface area contributed by atoms with Crippen molar-refractivity contribution in [3.05, 3.63) is 102 Å². The Morgan fingerprint density at radius 2 is 1.69 bits per heavy atom. The van der Waals surface area contributed by atoms with Crippen LogP contribution in [0, 0.1) is 0 Å². The molecule has 1 unspecified atom stereocenters. The van der Waals surface area contributed by atoms with E-state index in [0.29, 0.717) is 5.52 Å². The smallest absolute Gasteiger partial charge is 0.264 e. The second-order valence-corrected chi connectivity index (χ2v) is 9.40. The lowest BCUT2D eigenvalue weighted by Crippen LogP contribution is -2.28. The number of hydrogen-bond donors (Lipinski definition) is 2. The number of benzene rings is 3. The van der Waals surface area contributed by atoms with E-state index in [4.69, 9.17) is 0 Å². The van der Waals surface area contributed by atoms with Crippen LogP contribution < -0.4 is 10.0 Å². The van der Waals surface area contributed by atoms with E-state index in [-0.39, 0.29) is 28.1 Å². The highest BCUT2D eigenvalue weighted by molar-refractivity contribution is 7.93. The van der Waals surface area contributed by atoms with Crippen molar-refractivity contribution in [3.8, 4) is 0 Å². The predicted octanol–water partition coefficient (Wildman–Crippen LogP) is 4.45. The molecule has 0 bridgehead atoms. The highest BCUT2D eigenvalue weighted by Crippen LogP contribution is 2.31. The quantitative estimate of drug-likeness (QED) is 0.477. The van der Waals surface area contributed by atoms with E-state index in [0.717, 1.165) is 23.8 Å². The Kier molecular flexibility index (Phi) is 5.11. The summed E-state index contributed by atoms with van der Waals surface area (Å²) in [5.74, 6) is -0.318. The third-order valence-electron chi connectivity index (χ3n) is 5.74. The average Bonchev–Trinajstić information content (AvgIpc) is 3.21. The molecular formula is C25H21N3O3S. The van der Waals surface area contributed by atoms with Crippen LogP contribution >= 0.6 is 0 Å². The summed E-state index contributed by atoms with van der Waals surface area (Å²) in [6.07, 6.45) is 3.28. The van der Waals surface area contributed by atoms with Crippen molar-refractivity contribution in [1.29, 1.82) is 0 Å². The first kappa shape index (κ1) is 20.2. The van der Waals surface area contributed by atoms with E-state index in [1.54, 1.807) is 42.6 Å². The van der Waals surface area contributed by atoms with Gasteiger partial charge in [0.25, 0.3) is 15.9 Å². The summed E-state index contributed by atoms with van der Waals surface area (Å²) in [5.41, 5.74) is 3.22. The van der Waals surface area contributed by atoms with Crippen molar-refractivity contribution >= 4 is 32.5 Å². The van der Waals surface area contributed by atoms with Crippen molar-refractivity contribution < 1.29 is 13.2 Å². The van der Waals surface area contributed by atoms with Gasteiger partial charge in [-0.2, -0.15) is 0 Å². The minimum Gasteiger partial charge on any atom is -0.345 e. The Bertz CT molecular complexity index is 1430. The summed E-state index contributed by atoms with van der Waals surface area (Å²) < 4.78 is 29.0. The molecule has 0 radical (unpaired) electrons. The molecule has 1 atom stereocenters. The number of sulfonamides is 1. The van der Waals surface area contributed by atoms with Crippen LogP contribution in [0.5, 0.6) is 0 Å². The van der Waals surface area contributed by atoms with Crippen molar-refractivity contribution in [1.82, 2.24) is 10.3 Å². The summed E-state index contributed by atoms with van der Waals surface area (Å²) in [6, 6.07) is 23.1. The van der Waals surface area contributed by atoms with E-state index >= 15 is 0 Å². The largest absolute Gasteiger partial charge is 0.345 e. The minimum atomic E-state index is -3.96. The van der Waals surface area contributed by atoms with Crippen LogP contribution in [0.25, 0.3) is 10.9 Å². The van der Waals surface area contributed by atoms with Crippen LogP contribution in [0.3, 0.4) is 0 Å². The van der Waals surface area contributed by atoms with Gasteiger partial charge in [-0.15, -0.1) is 0 Å². The molecule has 1 heterocycles. The number of aromatic nitrogens is 1. The zero-order valence-electron chi connectivity index (χ0n) is 17.2. The summed E-state index contributed by atoms with van der Waals surface area (Å²) in [7, 11) is -3.96. The molecule has 5 rings (SSSR count). The number of rotatable bonds is 5. The Morgan fingerprint density at radius 3 is 2.59 bits per heavy atom. The molecule has 2 N–H and O–H groups in total. The number of para-hydroxylation sites is 2. The number of carbonyl (C=O) groups excluding carboxylic acids is 1. The van der Waals surface area contributed by atoms with Crippen LogP contribution in [0.4, 0.5) is 5.69 Å². The van der Waals surface area contributed by atoms with Gasteiger partial charge in [0.1, 0.15) is 4.90 Å². The number of carbonyl (C=O) groups is 1. The summed E-state index contributed by atoms with van der Waals surface area (Å²) in [4.78, 5) is 17.4. The van der Waals surface area contributed by atoms with Gasteiger partial charge in [0.05, 0.1) is 22.8 Å². The third kappa shape index (κ3) is 3.71. The molecular weight excluding hydrogens is 422 g/mol. The standard InChI is InChI=1S/C25H21N3O3S/c29-25(27-21-15-14-17-7-1-2-10-19(17)21)20-11-3-4-12-22(20)28-32(30,31)23-13-5-8-18-9-6-16-26-24(18)23/h1-13,16,21,28H,14-15H2,(H,27,29). The Morgan fingerprint density at radius 1 is 0.906 bits per heavy atom. The summed E-state index contributed by atoms with van der Waals surface area (Å²) in [5, 5.41) is 3.78. The highest BCUT2D eigenvalue weighted by atomic mass is 32.2. The molecule has 7 heteroatoms. The molecule has 1 amide bonds. The van der Waals surface area contributed by atoms with Gasteiger partial charge in [-0.25, -0.2) is 8.42 Å². The third-order valence-corrected chi connectivity index (χ3v) is 7.14. The van der Waals surface area contributed by atoms with Crippen LogP contribution in [0.2, 0.25) is 0 Å². The first-order chi connectivity index (χ1) is 15.5. The van der Waals surface area contributed by atoms with Crippen molar-refractivity contribution in [2.24, 2.45) is 0 Å². The maximum atomic E-state index is 13.2. The van der Waals surface area contributed by atoms with Crippen molar-refractivity contribution in [2.75, 3.05) is 4.72 Å². The van der Waals surface area contributed by atoms with Crippen molar-refractivity contribution in [2.45, 2.75) is 23.8 Å². The number of fused-ring (bicyclic) bond motifs is 2. The Balaban J connectivity index is 1.44. The molecule has 1 aliphatic rings. The van der Waals surface area contributed by atoms with Crippen LogP contribution in [0.1, 0.15) is 33.9 Å². The van der Waals surface area contributed by atoms with E-state index in [2.05, 4.69) is 21.1 Å². The lowest BCUT2D eigenvalue weighted by Gasteiger charge is -2.17. The van der Waals surface area contributed by atoms with E-state index in [1.807, 2.05) is 30.3 Å². The topological polar surface area (TPSA) is 88.2 Å². The minimum absolute atomic E-state index is 0.0653. The van der Waals surface area contributed by atoms with Crippen LogP contribution in [0.15, 0.2) is 90.0 Å². The molecule has 160 valence electrons. The molecule has 0 saturated heterocycles. The maximum absolute atomic E-state index is 13.2. The van der Waals surface area contributed by atoms with Crippen LogP contribution in [-0.4, -0.2) is 19.3 Å². The summed E-state index contributed by atoms with van der Waals surface area (Å²) in [6.45, 7) is 0. The first-order valence-electron chi connectivity index (χ1n) is 10.4. The first-order valence-corrected chi connectivity index (χ1v) is 11.9. The molecule has 0 spiro atoms. The number of nitrogens with zero attached hydrogens (tertiary/aromatic N) is 1. The fourth-order valence-electron chi connectivity index (χ4n) is 4.21. The van der Waals surface area contributed by atoms with Gasteiger partial charge in [-0.3, -0.25) is 14.5 Å². The average molecular weight is 444 g/mol. The second-order valence-electron chi connectivity index (χ2n) is 7.75. The molecule has 32 heavy (non-hydrogen) atoms. The fourth-order valence-corrected chi connectivity index (χ4v) is 5.47. The molecule has 0 fully saturated rings. The number of anilines is 1. The Labute approximate surface area is 186 Å². The van der Waals surface area contributed by atoms with Crippen molar-refractivity contribution in [3.63, 3.8) is 0 Å². The Hall–Kier alpha value is -3.71. The lowest BCUT2D eigenvalue weighted by molar-refractivity contribution is 0.0937. The SMILES string of the molecule is O=C(NC1CCc2ccccc21)c1ccccc1NS(=O)(=O)c1cccc2cccnc12. The van der Waals surface area contributed by atoms with E-state index < -0.39 is 10.0 Å². The summed E-state index contributed by atoms with van der Waals surface area (Å²) >= 11 is 0. The number of aryl methyl sites for hydroxylation is 1. The number of hydrogen-bond acceptors (Lipinski definition) is 4. The predicted molar refractivity (Wildman–Crippen MR) is 124 cm³/mol. The zero-order valence-corrected chi connectivity index (χ0v) is 18.0. The number of amides is 1. The number of pyridine rings is 1. The molecule has 4 aromatic rings. The molecule has 0 aliphatic heterocycles. The second kappa shape index (κ2) is 8.09. The molecule has 1 aliphatic carbocycles. The lowest BCUT2D eigenvalue weighted by atomic mass is 10.1. The van der Waals surface area contributed by atoms with Gasteiger partial charge < -0.3 is 5.32 Å². The zero-order chi connectivity index (χ0) is 22.1. The van der Waals surface area contributed by atoms with Gasteiger partial charge in [-0.1, -0.05) is 54.6 Å². The van der Waals surface area contributed by atoms with Gasteiger partial charge in [0.2, 0.25) is 0 Å².